The zero-order valence-electron chi connectivity index (χ0n) is 22.1. The van der Waals surface area contributed by atoms with Gasteiger partial charge in [0, 0.05) is 0 Å². The van der Waals surface area contributed by atoms with Crippen LogP contribution in [0.1, 0.15) is 156 Å². The van der Waals surface area contributed by atoms with Crippen molar-refractivity contribution in [2.75, 3.05) is 19.8 Å². The summed E-state index contributed by atoms with van der Waals surface area (Å²) in [6.07, 6.45) is 25.5. The smallest absolute Gasteiger partial charge is 0.287 e. The predicted octanol–water partition coefficient (Wildman–Crippen LogP) is 10.4. The Bertz CT molecular complexity index is 381. The van der Waals surface area contributed by atoms with Crippen LogP contribution in [0.3, 0.4) is 0 Å². The van der Waals surface area contributed by atoms with Crippen molar-refractivity contribution in [1.29, 1.82) is 0 Å². The van der Waals surface area contributed by atoms with E-state index in [2.05, 4.69) is 20.8 Å². The van der Waals surface area contributed by atoms with Gasteiger partial charge in [0.05, 0.1) is 19.8 Å². The van der Waals surface area contributed by atoms with E-state index in [1.54, 1.807) is 0 Å². The highest BCUT2D eigenvalue weighted by molar-refractivity contribution is 7.48. The molecule has 0 saturated heterocycles. The molecule has 194 valence electrons. The summed E-state index contributed by atoms with van der Waals surface area (Å²) in [5.41, 5.74) is 0. The summed E-state index contributed by atoms with van der Waals surface area (Å²) < 4.78 is 30.1. The zero-order chi connectivity index (χ0) is 23.6. The molecule has 0 fully saturated rings. The van der Waals surface area contributed by atoms with E-state index in [4.69, 9.17) is 13.6 Å². The van der Waals surface area contributed by atoms with Crippen LogP contribution in [0, 0.1) is 0 Å². The van der Waals surface area contributed by atoms with Crippen molar-refractivity contribution in [1.82, 2.24) is 0 Å². The highest BCUT2D eigenvalue weighted by Crippen LogP contribution is 2.50. The number of hydrogen-bond acceptors (Lipinski definition) is 4. The Morgan fingerprint density at radius 3 is 0.844 bits per heavy atom. The first-order chi connectivity index (χ1) is 15.7. The zero-order valence-corrected chi connectivity index (χ0v) is 22.9. The molecule has 0 saturated carbocycles. The van der Waals surface area contributed by atoms with E-state index in [9.17, 15) is 4.57 Å². The molecular formula is C27H57O4P. The Labute approximate surface area is 201 Å². The second-order valence-corrected chi connectivity index (χ2v) is 11.0. The molecule has 0 aliphatic carbocycles. The summed E-state index contributed by atoms with van der Waals surface area (Å²) in [7, 11) is -3.42. The van der Waals surface area contributed by atoms with Gasteiger partial charge in [-0.15, -0.1) is 0 Å². The molecule has 0 bridgehead atoms. The molecule has 0 aromatic rings. The maximum Gasteiger partial charge on any atom is 0.474 e. The van der Waals surface area contributed by atoms with Gasteiger partial charge < -0.3 is 0 Å². The van der Waals surface area contributed by atoms with Crippen LogP contribution in [0.4, 0.5) is 0 Å². The molecule has 0 aromatic carbocycles. The minimum Gasteiger partial charge on any atom is -0.287 e. The fraction of sp³-hybridized carbons (Fsp3) is 1.00. The summed E-state index contributed by atoms with van der Waals surface area (Å²) in [6, 6.07) is 0. The van der Waals surface area contributed by atoms with Gasteiger partial charge in [0.25, 0.3) is 0 Å². The monoisotopic (exact) mass is 476 g/mol. The lowest BCUT2D eigenvalue weighted by atomic mass is 10.1. The summed E-state index contributed by atoms with van der Waals surface area (Å²) in [6.45, 7) is 8.12. The molecule has 0 N–H and O–H groups in total. The molecule has 0 heterocycles. The first-order valence-corrected chi connectivity index (χ1v) is 15.7. The quantitative estimate of drug-likeness (QED) is 0.0873. The third-order valence-corrected chi connectivity index (χ3v) is 7.49. The van der Waals surface area contributed by atoms with E-state index in [0.29, 0.717) is 19.8 Å². The Kier molecular flexibility index (Phi) is 25.8. The van der Waals surface area contributed by atoms with Gasteiger partial charge in [0.1, 0.15) is 0 Å². The van der Waals surface area contributed by atoms with Crippen molar-refractivity contribution in [3.05, 3.63) is 0 Å². The normalized spacial score (nSPS) is 12.0. The fourth-order valence-corrected chi connectivity index (χ4v) is 5.10. The van der Waals surface area contributed by atoms with E-state index in [0.717, 1.165) is 38.5 Å². The molecule has 0 radical (unpaired) electrons. The maximum absolute atomic E-state index is 13.1. The lowest BCUT2D eigenvalue weighted by Crippen LogP contribution is -2.04. The molecular weight excluding hydrogens is 419 g/mol. The van der Waals surface area contributed by atoms with Crippen molar-refractivity contribution >= 4 is 7.82 Å². The lowest BCUT2D eigenvalue weighted by molar-refractivity contribution is 0.108. The van der Waals surface area contributed by atoms with E-state index >= 15 is 0 Å². The molecule has 0 aromatic heterocycles. The second-order valence-electron chi connectivity index (χ2n) is 9.31. The van der Waals surface area contributed by atoms with Crippen LogP contribution in [0.25, 0.3) is 0 Å². The largest absolute Gasteiger partial charge is 0.474 e. The number of phosphoric ester groups is 1. The van der Waals surface area contributed by atoms with E-state index in [1.165, 1.54) is 96.3 Å². The minimum absolute atomic E-state index is 0.470. The summed E-state index contributed by atoms with van der Waals surface area (Å²) in [4.78, 5) is 0. The van der Waals surface area contributed by atoms with Crippen molar-refractivity contribution in [2.24, 2.45) is 0 Å². The highest BCUT2D eigenvalue weighted by Gasteiger charge is 2.26. The number of unbranched alkanes of at least 4 members (excludes halogenated alkanes) is 18. The third kappa shape index (κ3) is 23.3. The molecule has 32 heavy (non-hydrogen) atoms. The average molecular weight is 477 g/mol. The van der Waals surface area contributed by atoms with Gasteiger partial charge in [-0.1, -0.05) is 136 Å². The minimum atomic E-state index is -3.42. The van der Waals surface area contributed by atoms with Crippen molar-refractivity contribution < 1.29 is 18.1 Å². The summed E-state index contributed by atoms with van der Waals surface area (Å²) >= 11 is 0. The number of rotatable bonds is 27. The van der Waals surface area contributed by atoms with Gasteiger partial charge in [-0.25, -0.2) is 4.57 Å². The predicted molar refractivity (Wildman–Crippen MR) is 139 cm³/mol. The van der Waals surface area contributed by atoms with Crippen LogP contribution < -0.4 is 0 Å². The van der Waals surface area contributed by atoms with Gasteiger partial charge >= 0.3 is 7.82 Å². The Hall–Kier alpha value is 0.110. The molecule has 0 rings (SSSR count). The van der Waals surface area contributed by atoms with Crippen LogP contribution >= 0.6 is 7.82 Å². The fourth-order valence-electron chi connectivity index (χ4n) is 3.82. The summed E-state index contributed by atoms with van der Waals surface area (Å²) in [5, 5.41) is 0. The molecule has 0 aliphatic heterocycles. The van der Waals surface area contributed by atoms with Gasteiger partial charge in [-0.05, 0) is 19.3 Å². The average Bonchev–Trinajstić information content (AvgIpc) is 2.79. The molecule has 0 amide bonds. The van der Waals surface area contributed by atoms with E-state index < -0.39 is 7.82 Å². The third-order valence-electron chi connectivity index (χ3n) is 5.99. The van der Waals surface area contributed by atoms with Gasteiger partial charge in [0.2, 0.25) is 0 Å². The van der Waals surface area contributed by atoms with Crippen LogP contribution in [-0.4, -0.2) is 19.8 Å². The summed E-state index contributed by atoms with van der Waals surface area (Å²) in [5.74, 6) is 0. The second kappa shape index (κ2) is 25.7. The highest BCUT2D eigenvalue weighted by atomic mass is 31.2. The van der Waals surface area contributed by atoms with Gasteiger partial charge in [-0.3, -0.25) is 13.6 Å². The molecule has 0 atom stereocenters. The maximum atomic E-state index is 13.1. The molecule has 0 spiro atoms. The van der Waals surface area contributed by atoms with Crippen molar-refractivity contribution in [2.45, 2.75) is 156 Å². The van der Waals surface area contributed by atoms with Crippen molar-refractivity contribution in [3.63, 3.8) is 0 Å². The molecule has 0 unspecified atom stereocenters. The topological polar surface area (TPSA) is 44.8 Å². The number of phosphoric acid groups is 1. The van der Waals surface area contributed by atoms with Crippen LogP contribution in [-0.2, 0) is 18.1 Å². The Morgan fingerprint density at radius 2 is 0.594 bits per heavy atom. The van der Waals surface area contributed by atoms with Crippen LogP contribution in [0.2, 0.25) is 0 Å². The lowest BCUT2D eigenvalue weighted by Gasteiger charge is -2.18. The van der Waals surface area contributed by atoms with E-state index in [-0.39, 0.29) is 0 Å². The van der Waals surface area contributed by atoms with E-state index in [1.807, 2.05) is 0 Å². The van der Waals surface area contributed by atoms with Crippen LogP contribution in [0.5, 0.6) is 0 Å². The molecule has 0 aliphatic rings. The Balaban J connectivity index is 4.02. The molecule has 4 nitrogen and oxygen atoms in total. The first-order valence-electron chi connectivity index (χ1n) is 14.2. The number of hydrogen-bond donors (Lipinski definition) is 0. The first kappa shape index (κ1) is 32.1. The van der Waals surface area contributed by atoms with Gasteiger partial charge in [-0.2, -0.15) is 0 Å². The van der Waals surface area contributed by atoms with Crippen LogP contribution in [0.15, 0.2) is 0 Å². The standard InChI is InChI=1S/C27H57O4P/c1-4-7-10-13-16-17-18-21-24-27-31-32(28,29-25-22-19-14-11-8-5-2)30-26-23-20-15-12-9-6-3/h4-27H2,1-3H3. The van der Waals surface area contributed by atoms with Crippen molar-refractivity contribution in [3.8, 4) is 0 Å². The molecule has 5 heteroatoms. The Morgan fingerprint density at radius 1 is 0.375 bits per heavy atom. The van der Waals surface area contributed by atoms with Gasteiger partial charge in [0.15, 0.2) is 0 Å². The SMILES string of the molecule is CCCCCCCCCCCOP(=O)(OCCCCCCCC)OCCCCCCCC.